The lowest BCUT2D eigenvalue weighted by Crippen LogP contribution is -2.38. The van der Waals surface area contributed by atoms with Crippen molar-refractivity contribution in [1.29, 1.82) is 0 Å². The molecule has 0 bridgehead atoms. The van der Waals surface area contributed by atoms with Gasteiger partial charge in [-0.25, -0.2) is 4.98 Å². The van der Waals surface area contributed by atoms with Crippen molar-refractivity contribution in [3.8, 4) is 0 Å². The molecule has 0 aliphatic heterocycles. The van der Waals surface area contributed by atoms with E-state index in [2.05, 4.69) is 15.6 Å². The summed E-state index contributed by atoms with van der Waals surface area (Å²) in [6.07, 6.45) is 0. The predicted molar refractivity (Wildman–Crippen MR) is 82.2 cm³/mol. The standard InChI is InChI=1S/C15H17N3O2S/c1-10(13-9-21-11(2)18-13)17-14(19)8-16-15(20)12-6-4-3-5-7-12/h3-7,9-10H,8H2,1-2H3,(H,16,20)(H,17,19). The zero-order valence-corrected chi connectivity index (χ0v) is 12.7. The number of carbonyl (C=O) groups excluding carboxylic acids is 2. The number of aryl methyl sites for hydroxylation is 1. The van der Waals surface area contributed by atoms with Gasteiger partial charge in [0.2, 0.25) is 5.91 Å². The number of nitrogens with one attached hydrogen (secondary N) is 2. The highest BCUT2D eigenvalue weighted by Gasteiger charge is 2.13. The van der Waals surface area contributed by atoms with Crippen molar-refractivity contribution in [1.82, 2.24) is 15.6 Å². The highest BCUT2D eigenvalue weighted by atomic mass is 32.1. The maximum absolute atomic E-state index is 11.8. The van der Waals surface area contributed by atoms with Crippen LogP contribution in [0.4, 0.5) is 0 Å². The zero-order chi connectivity index (χ0) is 15.2. The van der Waals surface area contributed by atoms with Gasteiger partial charge < -0.3 is 10.6 Å². The van der Waals surface area contributed by atoms with Crippen LogP contribution in [-0.4, -0.2) is 23.3 Å². The summed E-state index contributed by atoms with van der Waals surface area (Å²) in [6.45, 7) is 3.73. The van der Waals surface area contributed by atoms with Gasteiger partial charge in [0, 0.05) is 10.9 Å². The summed E-state index contributed by atoms with van der Waals surface area (Å²) in [4.78, 5) is 27.9. The Balaban J connectivity index is 1.81. The van der Waals surface area contributed by atoms with Crippen LogP contribution < -0.4 is 10.6 Å². The first-order chi connectivity index (χ1) is 10.1. The van der Waals surface area contributed by atoms with E-state index in [0.29, 0.717) is 5.56 Å². The van der Waals surface area contributed by atoms with Gasteiger partial charge in [-0.3, -0.25) is 9.59 Å². The number of thiazole rings is 1. The van der Waals surface area contributed by atoms with Gasteiger partial charge in [0.1, 0.15) is 0 Å². The molecule has 0 aliphatic carbocycles. The van der Waals surface area contributed by atoms with Crippen molar-refractivity contribution in [2.75, 3.05) is 6.54 Å². The maximum Gasteiger partial charge on any atom is 0.251 e. The highest BCUT2D eigenvalue weighted by Crippen LogP contribution is 2.15. The molecular weight excluding hydrogens is 286 g/mol. The van der Waals surface area contributed by atoms with Gasteiger partial charge in [-0.1, -0.05) is 18.2 Å². The number of benzene rings is 1. The molecule has 2 amide bonds. The van der Waals surface area contributed by atoms with E-state index in [9.17, 15) is 9.59 Å². The smallest absolute Gasteiger partial charge is 0.251 e. The second-order valence-corrected chi connectivity index (χ2v) is 5.69. The van der Waals surface area contributed by atoms with Crippen molar-refractivity contribution in [2.45, 2.75) is 19.9 Å². The second-order valence-electron chi connectivity index (χ2n) is 4.63. The molecule has 1 unspecified atom stereocenters. The van der Waals surface area contributed by atoms with E-state index in [4.69, 9.17) is 0 Å². The van der Waals surface area contributed by atoms with Gasteiger partial charge in [0.25, 0.3) is 5.91 Å². The molecule has 2 rings (SSSR count). The van der Waals surface area contributed by atoms with Crippen LogP contribution in [0.3, 0.4) is 0 Å². The fourth-order valence-electron chi connectivity index (χ4n) is 1.80. The van der Waals surface area contributed by atoms with Crippen molar-refractivity contribution < 1.29 is 9.59 Å². The first-order valence-corrected chi connectivity index (χ1v) is 7.49. The third-order valence-electron chi connectivity index (χ3n) is 2.90. The zero-order valence-electron chi connectivity index (χ0n) is 11.9. The summed E-state index contributed by atoms with van der Waals surface area (Å²) in [5.41, 5.74) is 1.37. The van der Waals surface area contributed by atoms with Crippen molar-refractivity contribution >= 4 is 23.2 Å². The molecule has 1 heterocycles. The normalized spacial score (nSPS) is 11.7. The second kappa shape index (κ2) is 6.99. The van der Waals surface area contributed by atoms with Gasteiger partial charge in [0.15, 0.2) is 0 Å². The summed E-state index contributed by atoms with van der Waals surface area (Å²) in [5.74, 6) is -0.500. The maximum atomic E-state index is 11.8. The Morgan fingerprint density at radius 1 is 1.29 bits per heavy atom. The third kappa shape index (κ3) is 4.39. The third-order valence-corrected chi connectivity index (χ3v) is 3.70. The molecule has 6 heteroatoms. The lowest BCUT2D eigenvalue weighted by atomic mass is 10.2. The molecule has 110 valence electrons. The average molecular weight is 303 g/mol. The quantitative estimate of drug-likeness (QED) is 0.888. The largest absolute Gasteiger partial charge is 0.346 e. The van der Waals surface area contributed by atoms with Gasteiger partial charge in [-0.2, -0.15) is 0 Å². The first kappa shape index (κ1) is 15.2. The van der Waals surface area contributed by atoms with Crippen molar-refractivity contribution in [3.05, 3.63) is 52.0 Å². The Morgan fingerprint density at radius 3 is 2.62 bits per heavy atom. The number of hydrogen-bond acceptors (Lipinski definition) is 4. The van der Waals surface area contributed by atoms with E-state index >= 15 is 0 Å². The monoisotopic (exact) mass is 303 g/mol. The van der Waals surface area contributed by atoms with Crippen LogP contribution in [0.5, 0.6) is 0 Å². The number of carbonyl (C=O) groups is 2. The molecule has 21 heavy (non-hydrogen) atoms. The van der Waals surface area contributed by atoms with Crippen LogP contribution in [0.25, 0.3) is 0 Å². The lowest BCUT2D eigenvalue weighted by Gasteiger charge is -2.12. The molecule has 5 nitrogen and oxygen atoms in total. The van der Waals surface area contributed by atoms with Crippen LogP contribution >= 0.6 is 11.3 Å². The van der Waals surface area contributed by atoms with Crippen molar-refractivity contribution in [3.63, 3.8) is 0 Å². The highest BCUT2D eigenvalue weighted by molar-refractivity contribution is 7.09. The molecule has 0 aliphatic rings. The summed E-state index contributed by atoms with van der Waals surface area (Å²) in [7, 11) is 0. The van der Waals surface area contributed by atoms with Crippen molar-refractivity contribution in [2.24, 2.45) is 0 Å². The Hall–Kier alpha value is -2.21. The Kier molecular flexibility index (Phi) is 5.05. The molecule has 0 fully saturated rings. The minimum Gasteiger partial charge on any atom is -0.346 e. The Bertz CT molecular complexity index is 625. The van der Waals surface area contributed by atoms with Gasteiger partial charge >= 0.3 is 0 Å². The first-order valence-electron chi connectivity index (χ1n) is 6.61. The summed E-state index contributed by atoms with van der Waals surface area (Å²) in [6, 6.07) is 8.63. The van der Waals surface area contributed by atoms with Gasteiger partial charge in [-0.05, 0) is 26.0 Å². The van der Waals surface area contributed by atoms with Crippen LogP contribution in [0.15, 0.2) is 35.7 Å². The fraction of sp³-hybridized carbons (Fsp3) is 0.267. The lowest BCUT2D eigenvalue weighted by molar-refractivity contribution is -0.120. The minimum absolute atomic E-state index is 0.0544. The molecule has 1 atom stereocenters. The summed E-state index contributed by atoms with van der Waals surface area (Å²) >= 11 is 1.54. The minimum atomic E-state index is -0.261. The van der Waals surface area contributed by atoms with Gasteiger partial charge in [-0.15, -0.1) is 11.3 Å². The number of amides is 2. The SMILES string of the molecule is Cc1nc(C(C)NC(=O)CNC(=O)c2ccccc2)cs1. The van der Waals surface area contributed by atoms with Gasteiger partial charge in [0.05, 0.1) is 23.3 Å². The molecule has 1 aromatic heterocycles. The van der Waals surface area contributed by atoms with E-state index in [0.717, 1.165) is 10.7 Å². The Labute approximate surface area is 127 Å². The summed E-state index contributed by atoms with van der Waals surface area (Å²) < 4.78 is 0. The molecule has 2 aromatic rings. The summed E-state index contributed by atoms with van der Waals surface area (Å²) in [5, 5.41) is 8.28. The molecule has 2 N–H and O–H groups in total. The van der Waals surface area contributed by atoms with Crippen LogP contribution in [-0.2, 0) is 4.79 Å². The van der Waals surface area contributed by atoms with Crippen LogP contribution in [0, 0.1) is 6.92 Å². The predicted octanol–water partition coefficient (Wildman–Crippen LogP) is 2.06. The molecule has 0 saturated heterocycles. The van der Waals surface area contributed by atoms with E-state index in [1.165, 1.54) is 0 Å². The molecule has 0 saturated carbocycles. The number of nitrogens with zero attached hydrogens (tertiary/aromatic N) is 1. The molecule has 1 aromatic carbocycles. The average Bonchev–Trinajstić information content (AvgIpc) is 2.92. The molecule has 0 radical (unpaired) electrons. The number of aromatic nitrogens is 1. The molecular formula is C15H17N3O2S. The fourth-order valence-corrected chi connectivity index (χ4v) is 2.50. The van der Waals surface area contributed by atoms with E-state index in [1.54, 1.807) is 35.6 Å². The topological polar surface area (TPSA) is 71.1 Å². The van der Waals surface area contributed by atoms with E-state index in [-0.39, 0.29) is 24.4 Å². The van der Waals surface area contributed by atoms with E-state index < -0.39 is 0 Å². The van der Waals surface area contributed by atoms with E-state index in [1.807, 2.05) is 25.3 Å². The Morgan fingerprint density at radius 2 is 2.00 bits per heavy atom. The number of hydrogen-bond donors (Lipinski definition) is 2. The number of rotatable bonds is 5. The van der Waals surface area contributed by atoms with Crippen LogP contribution in [0.2, 0.25) is 0 Å². The van der Waals surface area contributed by atoms with Crippen LogP contribution in [0.1, 0.15) is 34.0 Å². The molecule has 0 spiro atoms.